The van der Waals surface area contributed by atoms with E-state index >= 15 is 0 Å². The molecule has 0 atom stereocenters. The van der Waals surface area contributed by atoms with Crippen molar-refractivity contribution >= 4 is 0 Å². The highest BCUT2D eigenvalue weighted by atomic mass is 16.3. The normalized spacial score (nSPS) is 8.62. The van der Waals surface area contributed by atoms with Crippen LogP contribution in [0.5, 0.6) is 0 Å². The number of aliphatic hydroxyl groups is 1. The zero-order valence-electron chi connectivity index (χ0n) is 11.4. The van der Waals surface area contributed by atoms with E-state index in [0.717, 1.165) is 25.1 Å². The van der Waals surface area contributed by atoms with Crippen molar-refractivity contribution in [3.8, 4) is 0 Å². The van der Waals surface area contributed by atoms with Crippen molar-refractivity contribution in [1.82, 2.24) is 15.0 Å². The van der Waals surface area contributed by atoms with Crippen molar-refractivity contribution in [3.05, 3.63) is 11.9 Å². The van der Waals surface area contributed by atoms with Gasteiger partial charge in [0.15, 0.2) is 0 Å². The fraction of sp³-hybridized carbons (Fsp3) is 0.833. The summed E-state index contributed by atoms with van der Waals surface area (Å²) >= 11 is 0. The van der Waals surface area contributed by atoms with Crippen molar-refractivity contribution in [3.63, 3.8) is 0 Å². The van der Waals surface area contributed by atoms with Gasteiger partial charge in [-0.2, -0.15) is 0 Å². The molecular formula is C12H27N3O. The molecule has 96 valence electrons. The average Bonchev–Trinajstić information content (AvgIpc) is 2.80. The molecule has 0 saturated carbocycles. The Morgan fingerprint density at radius 2 is 1.88 bits per heavy atom. The van der Waals surface area contributed by atoms with E-state index in [4.69, 9.17) is 5.11 Å². The fourth-order valence-electron chi connectivity index (χ4n) is 0.997. The van der Waals surface area contributed by atoms with Crippen LogP contribution in [0.3, 0.4) is 0 Å². The Kier molecular flexibility index (Phi) is 15.4. The highest BCUT2D eigenvalue weighted by molar-refractivity contribution is 4.91. The molecule has 1 heterocycles. The number of unbranched alkanes of at least 4 members (excludes halogenated alkanes) is 1. The van der Waals surface area contributed by atoms with Crippen molar-refractivity contribution in [2.45, 2.75) is 60.4 Å². The van der Waals surface area contributed by atoms with E-state index in [2.05, 4.69) is 17.2 Å². The molecule has 4 nitrogen and oxygen atoms in total. The second kappa shape index (κ2) is 14.1. The highest BCUT2D eigenvalue weighted by Crippen LogP contribution is 1.96. The van der Waals surface area contributed by atoms with Gasteiger partial charge in [0, 0.05) is 25.8 Å². The van der Waals surface area contributed by atoms with Gasteiger partial charge < -0.3 is 5.11 Å². The smallest absolute Gasteiger partial charge is 0.0849 e. The summed E-state index contributed by atoms with van der Waals surface area (Å²) in [5, 5.41) is 16.5. The number of hydrogen-bond donors (Lipinski definition) is 1. The molecule has 0 radical (unpaired) electrons. The van der Waals surface area contributed by atoms with Crippen LogP contribution in [0.4, 0.5) is 0 Å². The lowest BCUT2D eigenvalue weighted by Gasteiger charge is -1.95. The van der Waals surface area contributed by atoms with Gasteiger partial charge in [-0.3, -0.25) is 4.68 Å². The first kappa shape index (κ1) is 17.5. The van der Waals surface area contributed by atoms with Crippen LogP contribution in [0, 0.1) is 0 Å². The minimum atomic E-state index is 0.145. The standard InChI is InChI=1S/C8H15N3O.2C2H6/c1-2-3-5-11-7-8(4-6-12)9-10-11;2*1-2/h7,12H,2-6H2,1H3;2*1-2H3. The van der Waals surface area contributed by atoms with Crippen LogP contribution in [-0.4, -0.2) is 26.7 Å². The van der Waals surface area contributed by atoms with Gasteiger partial charge in [0.25, 0.3) is 0 Å². The molecule has 0 aromatic carbocycles. The van der Waals surface area contributed by atoms with E-state index in [1.54, 1.807) is 0 Å². The zero-order chi connectivity index (χ0) is 12.8. The molecule has 16 heavy (non-hydrogen) atoms. The summed E-state index contributed by atoms with van der Waals surface area (Å²) in [6.45, 7) is 11.2. The zero-order valence-corrected chi connectivity index (χ0v) is 11.4. The van der Waals surface area contributed by atoms with Crippen LogP contribution in [0.2, 0.25) is 0 Å². The lowest BCUT2D eigenvalue weighted by atomic mass is 10.3. The summed E-state index contributed by atoms with van der Waals surface area (Å²) < 4.78 is 1.83. The summed E-state index contributed by atoms with van der Waals surface area (Å²) in [5.74, 6) is 0. The first-order valence-corrected chi connectivity index (χ1v) is 6.36. The first-order chi connectivity index (χ1) is 7.86. The average molecular weight is 229 g/mol. The molecular weight excluding hydrogens is 202 g/mol. The number of aromatic nitrogens is 3. The lowest BCUT2D eigenvalue weighted by Crippen LogP contribution is -1.97. The maximum Gasteiger partial charge on any atom is 0.0849 e. The van der Waals surface area contributed by atoms with Gasteiger partial charge in [0.1, 0.15) is 0 Å². The molecule has 0 bridgehead atoms. The summed E-state index contributed by atoms with van der Waals surface area (Å²) in [6, 6.07) is 0. The maximum atomic E-state index is 8.63. The van der Waals surface area contributed by atoms with Crippen LogP contribution in [0.15, 0.2) is 6.20 Å². The van der Waals surface area contributed by atoms with Crippen LogP contribution >= 0.6 is 0 Å². The van der Waals surface area contributed by atoms with Gasteiger partial charge in [-0.25, -0.2) is 0 Å². The number of aryl methyl sites for hydroxylation is 1. The summed E-state index contributed by atoms with van der Waals surface area (Å²) in [7, 11) is 0. The molecule has 0 aliphatic rings. The van der Waals surface area contributed by atoms with E-state index in [1.807, 2.05) is 38.6 Å². The van der Waals surface area contributed by atoms with Gasteiger partial charge in [-0.1, -0.05) is 46.3 Å². The number of nitrogens with zero attached hydrogens (tertiary/aromatic N) is 3. The molecule has 0 aliphatic carbocycles. The van der Waals surface area contributed by atoms with Gasteiger partial charge in [0.2, 0.25) is 0 Å². The molecule has 0 aliphatic heterocycles. The molecule has 4 heteroatoms. The van der Waals surface area contributed by atoms with Gasteiger partial charge >= 0.3 is 0 Å². The monoisotopic (exact) mass is 229 g/mol. The third-order valence-electron chi connectivity index (χ3n) is 1.69. The minimum Gasteiger partial charge on any atom is -0.396 e. The van der Waals surface area contributed by atoms with Gasteiger partial charge in [-0.15, -0.1) is 5.10 Å². The largest absolute Gasteiger partial charge is 0.396 e. The van der Waals surface area contributed by atoms with E-state index in [9.17, 15) is 0 Å². The number of rotatable bonds is 5. The molecule has 1 aromatic rings. The predicted molar refractivity (Wildman–Crippen MR) is 68.4 cm³/mol. The molecule has 0 saturated heterocycles. The second-order valence-corrected chi connectivity index (χ2v) is 2.80. The van der Waals surface area contributed by atoms with E-state index in [0.29, 0.717) is 6.42 Å². The lowest BCUT2D eigenvalue weighted by molar-refractivity contribution is 0.298. The van der Waals surface area contributed by atoms with Crippen LogP contribution in [-0.2, 0) is 13.0 Å². The van der Waals surface area contributed by atoms with E-state index < -0.39 is 0 Å². The molecule has 0 amide bonds. The Morgan fingerprint density at radius 1 is 1.25 bits per heavy atom. The third kappa shape index (κ3) is 8.41. The second-order valence-electron chi connectivity index (χ2n) is 2.80. The topological polar surface area (TPSA) is 50.9 Å². The molecule has 1 rings (SSSR count). The summed E-state index contributed by atoms with van der Waals surface area (Å²) in [5.41, 5.74) is 0.869. The summed E-state index contributed by atoms with van der Waals surface area (Å²) in [4.78, 5) is 0. The quantitative estimate of drug-likeness (QED) is 0.844. The third-order valence-corrected chi connectivity index (χ3v) is 1.69. The number of aliphatic hydroxyl groups excluding tert-OH is 1. The van der Waals surface area contributed by atoms with E-state index in [-0.39, 0.29) is 6.61 Å². The van der Waals surface area contributed by atoms with Crippen LogP contribution in [0.1, 0.15) is 53.2 Å². The van der Waals surface area contributed by atoms with Crippen molar-refractivity contribution < 1.29 is 5.11 Å². The maximum absolute atomic E-state index is 8.63. The Morgan fingerprint density at radius 3 is 2.38 bits per heavy atom. The molecule has 1 N–H and O–H groups in total. The molecule has 0 unspecified atom stereocenters. The Labute approximate surface area is 99.7 Å². The minimum absolute atomic E-state index is 0.145. The Bertz CT molecular complexity index is 224. The first-order valence-electron chi connectivity index (χ1n) is 6.36. The number of hydrogen-bond acceptors (Lipinski definition) is 3. The summed E-state index contributed by atoms with van der Waals surface area (Å²) in [6.07, 6.45) is 4.79. The molecule has 0 spiro atoms. The SMILES string of the molecule is CC.CC.CCCCn1cc(CCO)nn1. The fourth-order valence-corrected chi connectivity index (χ4v) is 0.997. The van der Waals surface area contributed by atoms with Crippen molar-refractivity contribution in [2.24, 2.45) is 0 Å². The van der Waals surface area contributed by atoms with Gasteiger partial charge in [0.05, 0.1) is 5.69 Å². The van der Waals surface area contributed by atoms with E-state index in [1.165, 1.54) is 0 Å². The molecule has 0 fully saturated rings. The van der Waals surface area contributed by atoms with Crippen molar-refractivity contribution in [1.29, 1.82) is 0 Å². The molecule has 1 aromatic heterocycles. The Hall–Kier alpha value is -0.900. The van der Waals surface area contributed by atoms with Crippen molar-refractivity contribution in [2.75, 3.05) is 6.61 Å². The predicted octanol–water partition coefficient (Wildman–Crippen LogP) is 2.67. The Balaban J connectivity index is 0. The van der Waals surface area contributed by atoms with Crippen LogP contribution < -0.4 is 0 Å². The van der Waals surface area contributed by atoms with Crippen LogP contribution in [0.25, 0.3) is 0 Å². The van der Waals surface area contributed by atoms with Gasteiger partial charge in [-0.05, 0) is 6.42 Å². The highest BCUT2D eigenvalue weighted by Gasteiger charge is 1.98.